The van der Waals surface area contributed by atoms with Crippen LogP contribution in [0.25, 0.3) is 5.69 Å². The number of methoxy groups -OCH3 is 2. The average molecular weight is 377 g/mol. The number of benzene rings is 2. The Hall–Kier alpha value is -3.41. The van der Waals surface area contributed by atoms with E-state index in [1.807, 2.05) is 36.2 Å². The van der Waals surface area contributed by atoms with E-state index in [2.05, 4.69) is 28.1 Å². The molecule has 0 unspecified atom stereocenters. The van der Waals surface area contributed by atoms with Crippen LogP contribution >= 0.6 is 0 Å². The van der Waals surface area contributed by atoms with Gasteiger partial charge in [0.05, 0.1) is 38.2 Å². The minimum Gasteiger partial charge on any atom is -0.497 e. The second-order valence-corrected chi connectivity index (χ2v) is 6.73. The number of rotatable bonds is 3. The summed E-state index contributed by atoms with van der Waals surface area (Å²) in [6.07, 6.45) is 2.04. The zero-order valence-electron chi connectivity index (χ0n) is 16.2. The van der Waals surface area contributed by atoms with Crippen molar-refractivity contribution in [3.05, 3.63) is 72.1 Å². The van der Waals surface area contributed by atoms with Crippen LogP contribution < -0.4 is 14.8 Å². The van der Waals surface area contributed by atoms with Crippen LogP contribution in [-0.2, 0) is 6.54 Å². The summed E-state index contributed by atoms with van der Waals surface area (Å²) in [5.41, 5.74) is 3.88. The van der Waals surface area contributed by atoms with Gasteiger partial charge in [-0.2, -0.15) is 0 Å². The number of ether oxygens (including phenoxy) is 2. The van der Waals surface area contributed by atoms with Gasteiger partial charge in [0.2, 0.25) is 0 Å². The highest BCUT2D eigenvalue weighted by Crippen LogP contribution is 2.34. The molecule has 2 aromatic carbocycles. The van der Waals surface area contributed by atoms with Gasteiger partial charge in [-0.25, -0.2) is 4.79 Å². The molecule has 0 spiro atoms. The van der Waals surface area contributed by atoms with Crippen LogP contribution in [0, 0.1) is 0 Å². The van der Waals surface area contributed by atoms with E-state index < -0.39 is 0 Å². The summed E-state index contributed by atoms with van der Waals surface area (Å²) in [5.74, 6) is 1.23. The van der Waals surface area contributed by atoms with E-state index in [-0.39, 0.29) is 12.1 Å². The molecule has 0 radical (unpaired) electrons. The third-order valence-electron chi connectivity index (χ3n) is 5.18. The highest BCUT2D eigenvalue weighted by Gasteiger charge is 2.29. The second kappa shape index (κ2) is 7.31. The molecule has 144 valence electrons. The summed E-state index contributed by atoms with van der Waals surface area (Å²) in [7, 11) is 3.17. The molecule has 1 atom stereocenters. The molecule has 1 aromatic heterocycles. The van der Waals surface area contributed by atoms with E-state index >= 15 is 0 Å². The van der Waals surface area contributed by atoms with Crippen molar-refractivity contribution in [3.63, 3.8) is 0 Å². The van der Waals surface area contributed by atoms with Crippen LogP contribution in [0.3, 0.4) is 0 Å². The molecule has 1 aliphatic heterocycles. The lowest BCUT2D eigenvalue weighted by molar-refractivity contribution is 0.189. The first-order valence-corrected chi connectivity index (χ1v) is 9.17. The van der Waals surface area contributed by atoms with Gasteiger partial charge in [0.1, 0.15) is 11.5 Å². The monoisotopic (exact) mass is 377 g/mol. The minimum absolute atomic E-state index is 0.0911. The fourth-order valence-corrected chi connectivity index (χ4v) is 3.65. The molecule has 6 nitrogen and oxygen atoms in total. The molecule has 0 bridgehead atoms. The number of hydrogen-bond donors (Lipinski definition) is 1. The fourth-order valence-electron chi connectivity index (χ4n) is 3.65. The Bertz CT molecular complexity index is 1010. The first-order chi connectivity index (χ1) is 13.6. The van der Waals surface area contributed by atoms with Crippen molar-refractivity contribution >= 4 is 11.7 Å². The SMILES string of the molecule is COc1ccc(NC(=O)N2Cc3ccccc3-n3cccc3[C@H]2C)c(OC)c1. The van der Waals surface area contributed by atoms with E-state index in [1.165, 1.54) is 0 Å². The lowest BCUT2D eigenvalue weighted by Gasteiger charge is -2.28. The molecule has 2 heterocycles. The lowest BCUT2D eigenvalue weighted by atomic mass is 10.1. The van der Waals surface area contributed by atoms with Gasteiger partial charge in [0.25, 0.3) is 0 Å². The Morgan fingerprint density at radius 1 is 1.07 bits per heavy atom. The van der Waals surface area contributed by atoms with Crippen molar-refractivity contribution in [1.29, 1.82) is 0 Å². The number of nitrogens with one attached hydrogen (secondary N) is 1. The molecule has 28 heavy (non-hydrogen) atoms. The Morgan fingerprint density at radius 2 is 1.89 bits per heavy atom. The maximum Gasteiger partial charge on any atom is 0.322 e. The van der Waals surface area contributed by atoms with Gasteiger partial charge in [0.15, 0.2) is 0 Å². The summed E-state index contributed by atoms with van der Waals surface area (Å²) in [6.45, 7) is 2.56. The fraction of sp³-hybridized carbons (Fsp3) is 0.227. The number of para-hydroxylation sites is 1. The Kier molecular flexibility index (Phi) is 4.69. The number of carbonyl (C=O) groups excluding carboxylic acids is 1. The molecule has 1 aliphatic rings. The van der Waals surface area contributed by atoms with Crippen molar-refractivity contribution < 1.29 is 14.3 Å². The zero-order chi connectivity index (χ0) is 19.7. The van der Waals surface area contributed by atoms with Crippen LogP contribution in [-0.4, -0.2) is 29.7 Å². The summed E-state index contributed by atoms with van der Waals surface area (Å²) in [5, 5.41) is 2.99. The Labute approximate surface area is 164 Å². The molecule has 0 saturated carbocycles. The maximum absolute atomic E-state index is 13.2. The van der Waals surface area contributed by atoms with Gasteiger partial charge >= 0.3 is 6.03 Å². The summed E-state index contributed by atoms with van der Waals surface area (Å²) in [4.78, 5) is 15.0. The third-order valence-corrected chi connectivity index (χ3v) is 5.18. The molecule has 3 aromatic rings. The van der Waals surface area contributed by atoms with Crippen LogP contribution in [0.4, 0.5) is 10.5 Å². The molecular formula is C22H23N3O3. The summed E-state index contributed by atoms with van der Waals surface area (Å²) >= 11 is 0. The van der Waals surface area contributed by atoms with Crippen LogP contribution in [0.1, 0.15) is 24.2 Å². The standard InChI is InChI=1S/C22H23N3O3/c1-15-19-9-6-12-24(19)20-8-5-4-7-16(20)14-25(15)22(26)23-18-11-10-17(27-2)13-21(18)28-3/h4-13,15H,14H2,1-3H3,(H,23,26)/t15-/m1/s1. The molecular weight excluding hydrogens is 354 g/mol. The van der Waals surface area contributed by atoms with E-state index in [9.17, 15) is 4.79 Å². The lowest BCUT2D eigenvalue weighted by Crippen LogP contribution is -2.36. The number of urea groups is 1. The number of anilines is 1. The summed E-state index contributed by atoms with van der Waals surface area (Å²) < 4.78 is 12.8. The Morgan fingerprint density at radius 3 is 2.68 bits per heavy atom. The van der Waals surface area contributed by atoms with Gasteiger partial charge in [-0.05, 0) is 42.8 Å². The van der Waals surface area contributed by atoms with Gasteiger partial charge in [-0.3, -0.25) is 0 Å². The first kappa shape index (κ1) is 18.0. The van der Waals surface area contributed by atoms with E-state index in [0.29, 0.717) is 23.7 Å². The number of nitrogens with zero attached hydrogens (tertiary/aromatic N) is 2. The predicted molar refractivity (Wildman–Crippen MR) is 108 cm³/mol. The molecule has 2 amide bonds. The maximum atomic E-state index is 13.2. The van der Waals surface area contributed by atoms with Crippen LogP contribution in [0.2, 0.25) is 0 Å². The molecule has 0 aliphatic carbocycles. The van der Waals surface area contributed by atoms with Gasteiger partial charge in [-0.15, -0.1) is 0 Å². The largest absolute Gasteiger partial charge is 0.497 e. The van der Waals surface area contributed by atoms with Crippen molar-refractivity contribution in [2.24, 2.45) is 0 Å². The van der Waals surface area contributed by atoms with Crippen LogP contribution in [0.5, 0.6) is 11.5 Å². The minimum atomic E-state index is -0.180. The smallest absolute Gasteiger partial charge is 0.322 e. The van der Waals surface area contributed by atoms with E-state index in [0.717, 1.165) is 16.9 Å². The molecule has 6 heteroatoms. The average Bonchev–Trinajstić information content (AvgIpc) is 3.17. The third kappa shape index (κ3) is 3.07. The van der Waals surface area contributed by atoms with Gasteiger partial charge in [-0.1, -0.05) is 18.2 Å². The van der Waals surface area contributed by atoms with Crippen LogP contribution in [0.15, 0.2) is 60.8 Å². The van der Waals surface area contributed by atoms with E-state index in [1.54, 1.807) is 32.4 Å². The van der Waals surface area contributed by atoms with Crippen molar-refractivity contribution in [1.82, 2.24) is 9.47 Å². The molecule has 0 fully saturated rings. The highest BCUT2D eigenvalue weighted by atomic mass is 16.5. The predicted octanol–water partition coefficient (Wildman–Crippen LogP) is 4.60. The summed E-state index contributed by atoms with van der Waals surface area (Å²) in [6, 6.07) is 17.3. The number of carbonyl (C=O) groups is 1. The van der Waals surface area contributed by atoms with E-state index in [4.69, 9.17) is 9.47 Å². The molecule has 1 N–H and O–H groups in total. The molecule has 4 rings (SSSR count). The first-order valence-electron chi connectivity index (χ1n) is 9.17. The van der Waals surface area contributed by atoms with Crippen molar-refractivity contribution in [2.45, 2.75) is 19.5 Å². The highest BCUT2D eigenvalue weighted by molar-refractivity contribution is 5.91. The number of aromatic nitrogens is 1. The quantitative estimate of drug-likeness (QED) is 0.726. The zero-order valence-corrected chi connectivity index (χ0v) is 16.2. The topological polar surface area (TPSA) is 55.7 Å². The normalized spacial score (nSPS) is 15.2. The number of amides is 2. The Balaban J connectivity index is 1.67. The van der Waals surface area contributed by atoms with Crippen molar-refractivity contribution in [2.75, 3.05) is 19.5 Å². The second-order valence-electron chi connectivity index (χ2n) is 6.73. The number of hydrogen-bond acceptors (Lipinski definition) is 3. The van der Waals surface area contributed by atoms with Gasteiger partial charge in [0, 0.05) is 18.0 Å². The van der Waals surface area contributed by atoms with Gasteiger partial charge < -0.3 is 24.3 Å². The number of fused-ring (bicyclic) bond motifs is 3. The van der Waals surface area contributed by atoms with Crippen molar-refractivity contribution in [3.8, 4) is 17.2 Å². The molecule has 0 saturated heterocycles.